The lowest BCUT2D eigenvalue weighted by atomic mass is 9.92. The van der Waals surface area contributed by atoms with E-state index in [0.717, 1.165) is 44.1 Å². The topological polar surface area (TPSA) is 55.1 Å². The van der Waals surface area contributed by atoms with E-state index in [-0.39, 0.29) is 5.91 Å². The zero-order valence-electron chi connectivity index (χ0n) is 12.1. The van der Waals surface area contributed by atoms with Gasteiger partial charge in [0.05, 0.1) is 10.0 Å². The molecule has 3 nitrogen and oxygen atoms in total. The van der Waals surface area contributed by atoms with Crippen LogP contribution in [0.2, 0.25) is 10.0 Å². The molecule has 2 rings (SSSR count). The molecule has 0 radical (unpaired) electrons. The van der Waals surface area contributed by atoms with Crippen LogP contribution in [0.25, 0.3) is 0 Å². The van der Waals surface area contributed by atoms with Gasteiger partial charge in [0.2, 0.25) is 5.91 Å². The van der Waals surface area contributed by atoms with Crippen LogP contribution in [0, 0.1) is 0 Å². The lowest BCUT2D eigenvalue weighted by Gasteiger charge is -2.26. The summed E-state index contributed by atoms with van der Waals surface area (Å²) in [6.45, 7) is 0. The van der Waals surface area contributed by atoms with E-state index in [4.69, 9.17) is 28.9 Å². The molecule has 1 saturated carbocycles. The van der Waals surface area contributed by atoms with E-state index in [1.807, 2.05) is 12.1 Å². The highest BCUT2D eigenvalue weighted by atomic mass is 35.5. The minimum absolute atomic E-state index is 0.135. The average molecular weight is 329 g/mol. The van der Waals surface area contributed by atoms with Crippen LogP contribution in [-0.2, 0) is 11.2 Å². The maximum atomic E-state index is 11.9. The third-order valence-corrected chi connectivity index (χ3v) is 4.73. The SMILES string of the molecule is NC1CCC(NC(=O)CCCc2ccc(Cl)c(Cl)c2)CC1. The molecule has 1 fully saturated rings. The molecule has 0 saturated heterocycles. The standard InChI is InChI=1S/C16H22Cl2N2O/c17-14-9-4-11(10-15(14)18)2-1-3-16(21)20-13-7-5-12(19)6-8-13/h4,9-10,12-13H,1-3,5-8,19H2,(H,20,21). The van der Waals surface area contributed by atoms with E-state index >= 15 is 0 Å². The molecule has 0 bridgehead atoms. The van der Waals surface area contributed by atoms with E-state index in [2.05, 4.69) is 5.32 Å². The average Bonchev–Trinajstić information content (AvgIpc) is 2.45. The van der Waals surface area contributed by atoms with Crippen molar-refractivity contribution < 1.29 is 4.79 Å². The Bertz CT molecular complexity index is 485. The minimum atomic E-state index is 0.135. The zero-order chi connectivity index (χ0) is 15.2. The van der Waals surface area contributed by atoms with Crippen molar-refractivity contribution in [1.82, 2.24) is 5.32 Å². The predicted molar refractivity (Wildman–Crippen MR) is 87.8 cm³/mol. The normalized spacial score (nSPS) is 22.0. The van der Waals surface area contributed by atoms with Gasteiger partial charge in [-0.15, -0.1) is 0 Å². The van der Waals surface area contributed by atoms with Crippen molar-refractivity contribution in [3.63, 3.8) is 0 Å². The maximum absolute atomic E-state index is 11.9. The fourth-order valence-electron chi connectivity index (χ4n) is 2.71. The van der Waals surface area contributed by atoms with Gasteiger partial charge in [-0.3, -0.25) is 4.79 Å². The first-order chi connectivity index (χ1) is 10.0. The molecule has 1 aliphatic rings. The minimum Gasteiger partial charge on any atom is -0.353 e. The van der Waals surface area contributed by atoms with Crippen LogP contribution >= 0.6 is 23.2 Å². The first-order valence-electron chi connectivity index (χ1n) is 7.53. The number of hydrogen-bond donors (Lipinski definition) is 2. The Morgan fingerprint density at radius 2 is 1.90 bits per heavy atom. The van der Waals surface area contributed by atoms with Gasteiger partial charge in [-0.05, 0) is 56.2 Å². The van der Waals surface area contributed by atoms with Crippen LogP contribution < -0.4 is 11.1 Å². The van der Waals surface area contributed by atoms with Crippen LogP contribution in [0.4, 0.5) is 0 Å². The first kappa shape index (κ1) is 16.6. The Morgan fingerprint density at radius 1 is 1.19 bits per heavy atom. The summed E-state index contributed by atoms with van der Waals surface area (Å²) >= 11 is 11.9. The molecule has 0 atom stereocenters. The second-order valence-corrected chi connectivity index (χ2v) is 6.60. The summed E-state index contributed by atoms with van der Waals surface area (Å²) in [5.74, 6) is 0.135. The second kappa shape index (κ2) is 8.02. The van der Waals surface area contributed by atoms with Crippen molar-refractivity contribution >= 4 is 29.1 Å². The Hall–Kier alpha value is -0.770. The maximum Gasteiger partial charge on any atom is 0.220 e. The zero-order valence-corrected chi connectivity index (χ0v) is 13.6. The number of carbonyl (C=O) groups is 1. The molecule has 0 aromatic heterocycles. The summed E-state index contributed by atoms with van der Waals surface area (Å²) in [7, 11) is 0. The van der Waals surface area contributed by atoms with E-state index in [9.17, 15) is 4.79 Å². The summed E-state index contributed by atoms with van der Waals surface area (Å²) in [5, 5.41) is 4.23. The monoisotopic (exact) mass is 328 g/mol. The van der Waals surface area contributed by atoms with Gasteiger partial charge in [0.1, 0.15) is 0 Å². The van der Waals surface area contributed by atoms with Crippen LogP contribution in [-0.4, -0.2) is 18.0 Å². The summed E-state index contributed by atoms with van der Waals surface area (Å²) in [6.07, 6.45) is 6.21. The van der Waals surface area contributed by atoms with Gasteiger partial charge in [-0.25, -0.2) is 0 Å². The second-order valence-electron chi connectivity index (χ2n) is 5.78. The van der Waals surface area contributed by atoms with E-state index in [1.165, 1.54) is 0 Å². The Kier molecular flexibility index (Phi) is 6.34. The number of halogens is 2. The third-order valence-electron chi connectivity index (χ3n) is 3.99. The van der Waals surface area contributed by atoms with Gasteiger partial charge in [0, 0.05) is 18.5 Å². The van der Waals surface area contributed by atoms with Gasteiger partial charge in [-0.1, -0.05) is 29.3 Å². The number of rotatable bonds is 5. The van der Waals surface area contributed by atoms with E-state index < -0.39 is 0 Å². The highest BCUT2D eigenvalue weighted by molar-refractivity contribution is 6.42. The molecule has 0 heterocycles. The van der Waals surface area contributed by atoms with Gasteiger partial charge in [0.25, 0.3) is 0 Å². The summed E-state index contributed by atoms with van der Waals surface area (Å²) < 4.78 is 0. The van der Waals surface area contributed by atoms with Crippen LogP contribution in [0.3, 0.4) is 0 Å². The summed E-state index contributed by atoms with van der Waals surface area (Å²) in [6, 6.07) is 6.24. The number of nitrogens with one attached hydrogen (secondary N) is 1. The van der Waals surface area contributed by atoms with Crippen molar-refractivity contribution in [3.05, 3.63) is 33.8 Å². The molecule has 0 aliphatic heterocycles. The van der Waals surface area contributed by atoms with E-state index in [1.54, 1.807) is 6.07 Å². The van der Waals surface area contributed by atoms with Crippen molar-refractivity contribution in [2.45, 2.75) is 57.0 Å². The summed E-state index contributed by atoms with van der Waals surface area (Å²) in [4.78, 5) is 11.9. The molecular formula is C16H22Cl2N2O. The van der Waals surface area contributed by atoms with E-state index in [0.29, 0.717) is 28.5 Å². The quantitative estimate of drug-likeness (QED) is 0.865. The van der Waals surface area contributed by atoms with Gasteiger partial charge < -0.3 is 11.1 Å². The predicted octanol–water partition coefficient (Wildman–Crippen LogP) is 3.70. The number of amides is 1. The number of benzene rings is 1. The molecule has 1 amide bonds. The lowest BCUT2D eigenvalue weighted by Crippen LogP contribution is -2.40. The number of carbonyl (C=O) groups excluding carboxylic acids is 1. The lowest BCUT2D eigenvalue weighted by molar-refractivity contribution is -0.122. The Morgan fingerprint density at radius 3 is 2.57 bits per heavy atom. The van der Waals surface area contributed by atoms with Crippen molar-refractivity contribution in [3.8, 4) is 0 Å². The highest BCUT2D eigenvalue weighted by Gasteiger charge is 2.19. The van der Waals surface area contributed by atoms with Gasteiger partial charge in [0.15, 0.2) is 0 Å². The van der Waals surface area contributed by atoms with Crippen molar-refractivity contribution in [2.24, 2.45) is 5.73 Å². The molecule has 3 N–H and O–H groups in total. The number of nitrogens with two attached hydrogens (primary N) is 1. The molecular weight excluding hydrogens is 307 g/mol. The van der Waals surface area contributed by atoms with Crippen molar-refractivity contribution in [2.75, 3.05) is 0 Å². The smallest absolute Gasteiger partial charge is 0.220 e. The van der Waals surface area contributed by atoms with Gasteiger partial charge in [-0.2, -0.15) is 0 Å². The molecule has 0 unspecified atom stereocenters. The van der Waals surface area contributed by atoms with Crippen LogP contribution in [0.5, 0.6) is 0 Å². The Labute approximate surface area is 136 Å². The molecule has 0 spiro atoms. The van der Waals surface area contributed by atoms with Crippen LogP contribution in [0.15, 0.2) is 18.2 Å². The highest BCUT2D eigenvalue weighted by Crippen LogP contribution is 2.23. The molecule has 116 valence electrons. The number of aryl methyl sites for hydroxylation is 1. The van der Waals surface area contributed by atoms with Gasteiger partial charge >= 0.3 is 0 Å². The molecule has 1 aliphatic carbocycles. The van der Waals surface area contributed by atoms with Crippen LogP contribution in [0.1, 0.15) is 44.1 Å². The molecule has 5 heteroatoms. The largest absolute Gasteiger partial charge is 0.353 e. The Balaban J connectivity index is 1.68. The fourth-order valence-corrected chi connectivity index (χ4v) is 3.03. The molecule has 1 aromatic rings. The first-order valence-corrected chi connectivity index (χ1v) is 8.29. The molecule has 21 heavy (non-hydrogen) atoms. The third kappa shape index (κ3) is 5.50. The fraction of sp³-hybridized carbons (Fsp3) is 0.562. The van der Waals surface area contributed by atoms with Crippen molar-refractivity contribution in [1.29, 1.82) is 0 Å². The summed E-state index contributed by atoms with van der Waals surface area (Å²) in [5.41, 5.74) is 6.97. The molecule has 1 aromatic carbocycles. The number of hydrogen-bond acceptors (Lipinski definition) is 2.